The lowest BCUT2D eigenvalue weighted by Gasteiger charge is -2.03. The molecule has 0 amide bonds. The largest absolute Gasteiger partial charge is 0.269 e. The molecule has 0 bridgehead atoms. The van der Waals surface area contributed by atoms with E-state index in [4.69, 9.17) is 6.42 Å². The Kier molecular flexibility index (Phi) is 2.16. The summed E-state index contributed by atoms with van der Waals surface area (Å²) in [7, 11) is -3.55. The van der Waals surface area contributed by atoms with Gasteiger partial charge in [-0.15, -0.1) is 6.42 Å². The average Bonchev–Trinajstić information content (AvgIpc) is 2.25. The normalized spacial score (nSPS) is 34.9. The van der Waals surface area contributed by atoms with Gasteiger partial charge in [-0.3, -0.25) is 8.57 Å². The zero-order chi connectivity index (χ0) is 8.48. The van der Waals surface area contributed by atoms with Gasteiger partial charge in [0.15, 0.2) is 0 Å². The van der Waals surface area contributed by atoms with Crippen LogP contribution in [0, 0.1) is 18.3 Å². The van der Waals surface area contributed by atoms with E-state index in [0.29, 0.717) is 0 Å². The molecule has 0 aromatic carbocycles. The van der Waals surface area contributed by atoms with Crippen LogP contribution in [0.25, 0.3) is 0 Å². The van der Waals surface area contributed by atoms with Gasteiger partial charge in [0.1, 0.15) is 6.10 Å². The molecule has 0 aliphatic carbocycles. The smallest absolute Gasteiger partial charge is 0.253 e. The average molecular weight is 178 g/mol. The molecule has 3 nitrogen and oxygen atoms in total. The molecule has 2 unspecified atom stereocenters. The molecule has 1 fully saturated rings. The van der Waals surface area contributed by atoms with E-state index >= 15 is 0 Å². The van der Waals surface area contributed by atoms with Crippen LogP contribution in [0.4, 0.5) is 4.39 Å². The standard InChI is InChI=1S/C6H7FO3S/c1-2-6-5(3-7)4-11(8,9)10-6/h1,5-6H,3-4H2. The maximum atomic E-state index is 12.0. The first-order valence-corrected chi connectivity index (χ1v) is 4.60. The molecule has 1 rings (SSSR count). The minimum atomic E-state index is -3.55. The zero-order valence-electron chi connectivity index (χ0n) is 5.66. The summed E-state index contributed by atoms with van der Waals surface area (Å²) in [4.78, 5) is 0. The lowest BCUT2D eigenvalue weighted by atomic mass is 10.1. The topological polar surface area (TPSA) is 43.4 Å². The lowest BCUT2D eigenvalue weighted by molar-refractivity contribution is 0.221. The fourth-order valence-corrected chi connectivity index (χ4v) is 2.31. The van der Waals surface area contributed by atoms with Gasteiger partial charge in [-0.05, 0) is 0 Å². The molecule has 0 N–H and O–H groups in total. The molecular formula is C6H7FO3S. The fourth-order valence-electron chi connectivity index (χ4n) is 0.915. The third-order valence-corrected chi connectivity index (χ3v) is 2.80. The second-order valence-corrected chi connectivity index (χ2v) is 3.96. The second kappa shape index (κ2) is 2.80. The van der Waals surface area contributed by atoms with Crippen molar-refractivity contribution in [2.45, 2.75) is 6.10 Å². The first-order chi connectivity index (χ1) is 5.09. The Morgan fingerprint density at radius 3 is 2.73 bits per heavy atom. The Morgan fingerprint density at radius 1 is 1.73 bits per heavy atom. The van der Waals surface area contributed by atoms with Gasteiger partial charge >= 0.3 is 0 Å². The van der Waals surface area contributed by atoms with Crippen molar-refractivity contribution in [2.75, 3.05) is 12.4 Å². The van der Waals surface area contributed by atoms with Crippen molar-refractivity contribution >= 4 is 10.1 Å². The van der Waals surface area contributed by atoms with E-state index in [9.17, 15) is 12.8 Å². The molecule has 0 saturated carbocycles. The molecule has 0 spiro atoms. The van der Waals surface area contributed by atoms with Crippen molar-refractivity contribution in [1.29, 1.82) is 0 Å². The summed E-state index contributed by atoms with van der Waals surface area (Å²) in [6, 6.07) is 0. The van der Waals surface area contributed by atoms with Crippen molar-refractivity contribution < 1.29 is 17.0 Å². The molecule has 0 aromatic heterocycles. The summed E-state index contributed by atoms with van der Waals surface area (Å²) in [6.07, 6.45) is 4.00. The third kappa shape index (κ3) is 1.70. The van der Waals surface area contributed by atoms with Gasteiger partial charge in [-0.25, -0.2) is 0 Å². The molecule has 1 aliphatic heterocycles. The fraction of sp³-hybridized carbons (Fsp3) is 0.667. The SMILES string of the molecule is C#CC1OS(=O)(=O)CC1CF. The maximum Gasteiger partial charge on any atom is 0.269 e. The van der Waals surface area contributed by atoms with Crippen LogP contribution in [0.3, 0.4) is 0 Å². The molecule has 62 valence electrons. The number of alkyl halides is 1. The first-order valence-electron chi connectivity index (χ1n) is 3.02. The minimum Gasteiger partial charge on any atom is -0.253 e. The molecular weight excluding hydrogens is 171 g/mol. The van der Waals surface area contributed by atoms with E-state index < -0.39 is 28.8 Å². The summed E-state index contributed by atoms with van der Waals surface area (Å²) >= 11 is 0. The predicted molar refractivity (Wildman–Crippen MR) is 37.0 cm³/mol. The van der Waals surface area contributed by atoms with Gasteiger partial charge in [0.25, 0.3) is 10.1 Å². The quantitative estimate of drug-likeness (QED) is 0.417. The van der Waals surface area contributed by atoms with Crippen LogP contribution in [0.5, 0.6) is 0 Å². The maximum absolute atomic E-state index is 12.0. The van der Waals surface area contributed by atoms with E-state index in [1.165, 1.54) is 0 Å². The second-order valence-electron chi connectivity index (χ2n) is 2.32. The van der Waals surface area contributed by atoms with Crippen molar-refractivity contribution in [3.05, 3.63) is 0 Å². The van der Waals surface area contributed by atoms with E-state index in [-0.39, 0.29) is 5.75 Å². The minimum absolute atomic E-state index is 0.307. The van der Waals surface area contributed by atoms with Crippen LogP contribution < -0.4 is 0 Å². The van der Waals surface area contributed by atoms with E-state index in [1.807, 2.05) is 0 Å². The highest BCUT2D eigenvalue weighted by atomic mass is 32.2. The summed E-state index contributed by atoms with van der Waals surface area (Å²) in [5.74, 6) is 1.08. The van der Waals surface area contributed by atoms with Gasteiger partial charge in [0.05, 0.1) is 12.4 Å². The van der Waals surface area contributed by atoms with Crippen LogP contribution >= 0.6 is 0 Å². The van der Waals surface area contributed by atoms with E-state index in [0.717, 1.165) is 0 Å². The van der Waals surface area contributed by atoms with Crippen LogP contribution in [0.15, 0.2) is 0 Å². The Morgan fingerprint density at radius 2 is 2.36 bits per heavy atom. The van der Waals surface area contributed by atoms with E-state index in [1.54, 1.807) is 0 Å². The summed E-state index contributed by atoms with van der Waals surface area (Å²) < 4.78 is 37.8. The van der Waals surface area contributed by atoms with Gasteiger partial charge in [0.2, 0.25) is 0 Å². The van der Waals surface area contributed by atoms with Crippen molar-refractivity contribution in [3.63, 3.8) is 0 Å². The van der Waals surface area contributed by atoms with Gasteiger partial charge in [0, 0.05) is 5.92 Å². The molecule has 1 aliphatic rings. The van der Waals surface area contributed by atoms with Gasteiger partial charge in [-0.1, -0.05) is 5.92 Å². The van der Waals surface area contributed by atoms with Gasteiger partial charge in [-0.2, -0.15) is 8.42 Å². The van der Waals surface area contributed by atoms with Crippen LogP contribution in [-0.4, -0.2) is 26.9 Å². The molecule has 1 heterocycles. The first kappa shape index (κ1) is 8.50. The number of terminal acetylenes is 1. The number of halogens is 1. The van der Waals surface area contributed by atoms with Crippen LogP contribution in [-0.2, 0) is 14.3 Å². The highest BCUT2D eigenvalue weighted by molar-refractivity contribution is 7.87. The third-order valence-electron chi connectivity index (χ3n) is 1.46. The molecule has 0 aromatic rings. The Labute approximate surface area is 64.7 Å². The van der Waals surface area contributed by atoms with Crippen LogP contribution in [0.2, 0.25) is 0 Å². The van der Waals surface area contributed by atoms with Crippen molar-refractivity contribution in [1.82, 2.24) is 0 Å². The lowest BCUT2D eigenvalue weighted by Crippen LogP contribution is -2.16. The van der Waals surface area contributed by atoms with E-state index in [2.05, 4.69) is 10.1 Å². The Hall–Kier alpha value is -0.600. The zero-order valence-corrected chi connectivity index (χ0v) is 6.47. The molecule has 0 radical (unpaired) electrons. The molecule has 2 atom stereocenters. The molecule has 5 heteroatoms. The van der Waals surface area contributed by atoms with Crippen molar-refractivity contribution in [2.24, 2.45) is 5.92 Å². The predicted octanol–water partition coefficient (Wildman–Crippen LogP) is -0.0661. The van der Waals surface area contributed by atoms with Gasteiger partial charge < -0.3 is 0 Å². The molecule has 11 heavy (non-hydrogen) atoms. The Bertz CT molecular complexity index is 277. The number of rotatable bonds is 1. The number of hydrogen-bond donors (Lipinski definition) is 0. The number of hydrogen-bond acceptors (Lipinski definition) is 3. The Balaban J connectivity index is 2.80. The highest BCUT2D eigenvalue weighted by Gasteiger charge is 2.37. The summed E-state index contributed by atoms with van der Waals surface area (Å²) in [5.41, 5.74) is 0. The highest BCUT2D eigenvalue weighted by Crippen LogP contribution is 2.22. The van der Waals surface area contributed by atoms with Crippen LogP contribution in [0.1, 0.15) is 0 Å². The summed E-state index contributed by atoms with van der Waals surface area (Å²) in [5, 5.41) is 0. The molecule has 1 saturated heterocycles. The monoisotopic (exact) mass is 178 g/mol. The van der Waals surface area contributed by atoms with Crippen molar-refractivity contribution in [3.8, 4) is 12.3 Å². The summed E-state index contributed by atoms with van der Waals surface area (Å²) in [6.45, 7) is -0.756.